The first-order valence-corrected chi connectivity index (χ1v) is 5.37. The highest BCUT2D eigenvalue weighted by atomic mass is 19.1. The van der Waals surface area contributed by atoms with Crippen molar-refractivity contribution in [3.05, 3.63) is 47.0 Å². The lowest BCUT2D eigenvalue weighted by atomic mass is 10.1. The molecule has 20 heavy (non-hydrogen) atoms. The van der Waals surface area contributed by atoms with Crippen molar-refractivity contribution in [2.75, 3.05) is 5.32 Å². The molecule has 0 aliphatic heterocycles. The Balaban J connectivity index is 2.32. The molecule has 0 saturated heterocycles. The quantitative estimate of drug-likeness (QED) is 0.763. The van der Waals surface area contributed by atoms with E-state index in [4.69, 9.17) is 11.0 Å². The summed E-state index contributed by atoms with van der Waals surface area (Å²) in [6, 6.07) is 4.96. The lowest BCUT2D eigenvalue weighted by molar-refractivity contribution is 0.1000. The van der Waals surface area contributed by atoms with Crippen molar-refractivity contribution >= 4 is 17.5 Å². The minimum Gasteiger partial charge on any atom is -0.366 e. The number of nitrogens with two attached hydrogens (primary N) is 1. The van der Waals surface area contributed by atoms with Crippen LogP contribution in [0.2, 0.25) is 0 Å². The number of anilines is 1. The van der Waals surface area contributed by atoms with Crippen LogP contribution in [0, 0.1) is 17.1 Å². The van der Waals surface area contributed by atoms with Gasteiger partial charge in [0, 0.05) is 5.56 Å². The van der Waals surface area contributed by atoms with Crippen LogP contribution in [0.4, 0.5) is 10.1 Å². The van der Waals surface area contributed by atoms with Crippen LogP contribution in [-0.4, -0.2) is 22.0 Å². The number of nitriles is 1. The van der Waals surface area contributed by atoms with Gasteiger partial charge in [0.2, 0.25) is 5.91 Å². The predicted octanol–water partition coefficient (Wildman–Crippen LogP) is 0.772. The Kier molecular flexibility index (Phi) is 3.43. The maximum Gasteiger partial charge on any atom is 0.258 e. The Morgan fingerprint density at radius 3 is 2.85 bits per heavy atom. The summed E-state index contributed by atoms with van der Waals surface area (Å²) in [5, 5.41) is 17.0. The maximum absolute atomic E-state index is 13.6. The van der Waals surface area contributed by atoms with Gasteiger partial charge in [-0.2, -0.15) is 10.4 Å². The Bertz CT molecular complexity index is 732. The lowest BCUT2D eigenvalue weighted by Crippen LogP contribution is -2.17. The summed E-state index contributed by atoms with van der Waals surface area (Å²) in [6.07, 6.45) is 1.21. The fraction of sp³-hybridized carbons (Fsp3) is 0. The smallest absolute Gasteiger partial charge is 0.258 e. The van der Waals surface area contributed by atoms with Crippen molar-refractivity contribution in [3.63, 3.8) is 0 Å². The predicted molar refractivity (Wildman–Crippen MR) is 66.2 cm³/mol. The van der Waals surface area contributed by atoms with Crippen molar-refractivity contribution < 1.29 is 14.0 Å². The second kappa shape index (κ2) is 5.19. The molecule has 100 valence electrons. The van der Waals surface area contributed by atoms with Gasteiger partial charge in [0.05, 0.1) is 17.4 Å². The molecule has 7 nitrogen and oxygen atoms in total. The number of primary amides is 1. The first kappa shape index (κ1) is 13.2. The molecule has 0 radical (unpaired) electrons. The molecule has 0 fully saturated rings. The molecule has 1 heterocycles. The van der Waals surface area contributed by atoms with Gasteiger partial charge in [-0.1, -0.05) is 0 Å². The molecule has 0 aliphatic rings. The van der Waals surface area contributed by atoms with E-state index in [1.807, 2.05) is 0 Å². The number of amides is 2. The molecule has 0 bridgehead atoms. The van der Waals surface area contributed by atoms with Gasteiger partial charge >= 0.3 is 0 Å². The minimum absolute atomic E-state index is 0.00394. The number of nitrogens with zero attached hydrogens (tertiary/aromatic N) is 2. The van der Waals surface area contributed by atoms with Crippen LogP contribution in [-0.2, 0) is 0 Å². The molecular formula is C12H8FN5O2. The third kappa shape index (κ3) is 2.46. The van der Waals surface area contributed by atoms with Gasteiger partial charge in [0.1, 0.15) is 11.9 Å². The van der Waals surface area contributed by atoms with E-state index in [1.165, 1.54) is 12.3 Å². The zero-order chi connectivity index (χ0) is 14.7. The molecule has 0 saturated carbocycles. The van der Waals surface area contributed by atoms with Crippen molar-refractivity contribution in [1.82, 2.24) is 10.2 Å². The third-order valence-electron chi connectivity index (χ3n) is 2.49. The fourth-order valence-corrected chi connectivity index (χ4v) is 1.51. The number of rotatable bonds is 3. The first-order valence-electron chi connectivity index (χ1n) is 5.37. The standard InChI is InChI=1S/C12H8FN5O2/c13-8-2-1-6(11(15)19)3-7(8)12(20)17-10-5-16-18-9(10)4-14/h1-3,5H,(H2,15,19)(H,16,18)(H,17,20). The van der Waals surface area contributed by atoms with Crippen molar-refractivity contribution in [2.24, 2.45) is 5.73 Å². The van der Waals surface area contributed by atoms with Crippen molar-refractivity contribution in [3.8, 4) is 6.07 Å². The maximum atomic E-state index is 13.6. The SMILES string of the molecule is N#Cc1[nH]ncc1NC(=O)c1cc(C(N)=O)ccc1F. The summed E-state index contributed by atoms with van der Waals surface area (Å²) in [5.74, 6) is -2.40. The number of hydrogen-bond acceptors (Lipinski definition) is 4. The number of hydrogen-bond donors (Lipinski definition) is 3. The van der Waals surface area contributed by atoms with Gasteiger partial charge in [-0.05, 0) is 18.2 Å². The van der Waals surface area contributed by atoms with E-state index in [0.717, 1.165) is 12.1 Å². The molecule has 4 N–H and O–H groups in total. The Hall–Kier alpha value is -3.21. The fourth-order valence-electron chi connectivity index (χ4n) is 1.51. The minimum atomic E-state index is -0.816. The van der Waals surface area contributed by atoms with Crippen LogP contribution in [0.1, 0.15) is 26.4 Å². The first-order chi connectivity index (χ1) is 9.52. The van der Waals surface area contributed by atoms with Gasteiger partial charge in [-0.15, -0.1) is 0 Å². The van der Waals surface area contributed by atoms with E-state index in [9.17, 15) is 14.0 Å². The van der Waals surface area contributed by atoms with E-state index >= 15 is 0 Å². The third-order valence-corrected chi connectivity index (χ3v) is 2.49. The molecule has 2 rings (SSSR count). The van der Waals surface area contributed by atoms with Crippen LogP contribution >= 0.6 is 0 Å². The number of benzene rings is 1. The molecule has 1 aromatic carbocycles. The number of aromatic nitrogens is 2. The van der Waals surface area contributed by atoms with Crippen molar-refractivity contribution in [2.45, 2.75) is 0 Å². The highest BCUT2D eigenvalue weighted by molar-refractivity contribution is 6.06. The molecule has 0 atom stereocenters. The second-order valence-corrected chi connectivity index (χ2v) is 3.78. The van der Waals surface area contributed by atoms with Crippen LogP contribution in [0.25, 0.3) is 0 Å². The highest BCUT2D eigenvalue weighted by Crippen LogP contribution is 2.15. The average molecular weight is 273 g/mol. The number of nitrogens with one attached hydrogen (secondary N) is 2. The van der Waals surface area contributed by atoms with E-state index in [1.54, 1.807) is 6.07 Å². The highest BCUT2D eigenvalue weighted by Gasteiger charge is 2.16. The van der Waals surface area contributed by atoms with Gasteiger partial charge < -0.3 is 11.1 Å². The Morgan fingerprint density at radius 2 is 2.20 bits per heavy atom. The number of carbonyl (C=O) groups is 2. The molecule has 0 aliphatic carbocycles. The number of H-pyrrole nitrogens is 1. The largest absolute Gasteiger partial charge is 0.366 e. The van der Waals surface area contributed by atoms with Gasteiger partial charge in [0.15, 0.2) is 5.69 Å². The van der Waals surface area contributed by atoms with Gasteiger partial charge in [-0.3, -0.25) is 14.7 Å². The Labute approximate surface area is 112 Å². The van der Waals surface area contributed by atoms with Crippen molar-refractivity contribution in [1.29, 1.82) is 5.26 Å². The van der Waals surface area contributed by atoms with E-state index in [2.05, 4.69) is 15.5 Å². The monoisotopic (exact) mass is 273 g/mol. The number of aromatic amines is 1. The Morgan fingerprint density at radius 1 is 1.45 bits per heavy atom. The average Bonchev–Trinajstić information content (AvgIpc) is 2.86. The number of halogens is 1. The van der Waals surface area contributed by atoms with E-state index < -0.39 is 17.6 Å². The molecule has 8 heteroatoms. The van der Waals surface area contributed by atoms with Crippen LogP contribution in [0.15, 0.2) is 24.4 Å². The summed E-state index contributed by atoms with van der Waals surface area (Å²) in [5.41, 5.74) is 4.86. The molecule has 0 spiro atoms. The number of carbonyl (C=O) groups excluding carboxylic acids is 2. The summed E-state index contributed by atoms with van der Waals surface area (Å²) in [7, 11) is 0. The zero-order valence-corrected chi connectivity index (χ0v) is 9.98. The molecule has 2 amide bonds. The molecule has 2 aromatic rings. The van der Waals surface area contributed by atoms with E-state index in [-0.39, 0.29) is 22.5 Å². The molecule has 1 aromatic heterocycles. The van der Waals surface area contributed by atoms with Crippen LogP contribution < -0.4 is 11.1 Å². The summed E-state index contributed by atoms with van der Waals surface area (Å²) in [6.45, 7) is 0. The molecular weight excluding hydrogens is 265 g/mol. The zero-order valence-electron chi connectivity index (χ0n) is 9.98. The van der Waals surface area contributed by atoms with Gasteiger partial charge in [-0.25, -0.2) is 4.39 Å². The van der Waals surface area contributed by atoms with Crippen LogP contribution in [0.5, 0.6) is 0 Å². The van der Waals surface area contributed by atoms with Gasteiger partial charge in [0.25, 0.3) is 5.91 Å². The van der Waals surface area contributed by atoms with E-state index in [0.29, 0.717) is 0 Å². The summed E-state index contributed by atoms with van der Waals surface area (Å²) < 4.78 is 13.6. The summed E-state index contributed by atoms with van der Waals surface area (Å²) in [4.78, 5) is 22.9. The second-order valence-electron chi connectivity index (χ2n) is 3.78. The summed E-state index contributed by atoms with van der Waals surface area (Å²) >= 11 is 0. The molecule has 0 unspecified atom stereocenters. The normalized spacial score (nSPS) is 9.80. The topological polar surface area (TPSA) is 125 Å². The van der Waals surface area contributed by atoms with Crippen LogP contribution in [0.3, 0.4) is 0 Å². The lowest BCUT2D eigenvalue weighted by Gasteiger charge is -2.05.